The number of carbonyl (C=O) groups is 1. The molecule has 4 N–H and O–H groups in total. The molecule has 22 heavy (non-hydrogen) atoms. The van der Waals surface area contributed by atoms with E-state index in [2.05, 4.69) is 15.2 Å². The molecular formula is C15H19N5O2. The van der Waals surface area contributed by atoms with E-state index in [0.29, 0.717) is 11.5 Å². The average molecular weight is 301 g/mol. The fourth-order valence-corrected chi connectivity index (χ4v) is 2.85. The molecule has 3 rings (SSSR count). The summed E-state index contributed by atoms with van der Waals surface area (Å²) < 4.78 is 1.77. The van der Waals surface area contributed by atoms with Gasteiger partial charge in [-0.15, -0.1) is 0 Å². The van der Waals surface area contributed by atoms with Gasteiger partial charge in [-0.25, -0.2) is 4.98 Å². The highest BCUT2D eigenvalue weighted by Gasteiger charge is 2.25. The molecule has 1 unspecified atom stereocenters. The molecule has 116 valence electrons. The first kappa shape index (κ1) is 14.4. The van der Waals surface area contributed by atoms with Crippen LogP contribution in [0.2, 0.25) is 0 Å². The maximum absolute atomic E-state index is 10.7. The lowest BCUT2D eigenvalue weighted by Gasteiger charge is -2.25. The van der Waals surface area contributed by atoms with Crippen molar-refractivity contribution >= 4 is 17.9 Å². The Morgan fingerprint density at radius 2 is 2.32 bits per heavy atom. The molecule has 0 aromatic carbocycles. The number of amides is 1. The van der Waals surface area contributed by atoms with Crippen molar-refractivity contribution in [2.45, 2.75) is 25.6 Å². The Balaban J connectivity index is 1.98. The van der Waals surface area contributed by atoms with Crippen LogP contribution in [-0.4, -0.2) is 33.8 Å². The third-order valence-corrected chi connectivity index (χ3v) is 3.92. The zero-order valence-electron chi connectivity index (χ0n) is 12.1. The van der Waals surface area contributed by atoms with Gasteiger partial charge in [0.15, 0.2) is 5.82 Å². The fraction of sp³-hybridized carbons (Fsp3) is 0.333. The quantitative estimate of drug-likeness (QED) is 0.704. The molecule has 1 saturated heterocycles. The van der Waals surface area contributed by atoms with Crippen LogP contribution in [0.3, 0.4) is 0 Å². The molecule has 0 spiro atoms. The maximum Gasteiger partial charge on any atom is 0.208 e. The molecule has 1 fully saturated rings. The molecule has 1 atom stereocenters. The van der Waals surface area contributed by atoms with Crippen molar-refractivity contribution in [1.29, 1.82) is 0 Å². The molecule has 0 saturated carbocycles. The van der Waals surface area contributed by atoms with E-state index in [4.69, 9.17) is 5.73 Å². The van der Waals surface area contributed by atoms with Gasteiger partial charge in [0.05, 0.1) is 12.3 Å². The number of nitrogens with two attached hydrogens (primary N) is 1. The van der Waals surface area contributed by atoms with Crippen molar-refractivity contribution < 1.29 is 9.90 Å². The van der Waals surface area contributed by atoms with Gasteiger partial charge in [0.1, 0.15) is 12.0 Å². The maximum atomic E-state index is 10.7. The number of rotatable bonds is 5. The van der Waals surface area contributed by atoms with Gasteiger partial charge in [-0.3, -0.25) is 4.79 Å². The number of pyridine rings is 1. The molecule has 1 aliphatic heterocycles. The topological polar surface area (TPSA) is 96.4 Å². The third kappa shape index (κ3) is 2.50. The highest BCUT2D eigenvalue weighted by atomic mass is 16.3. The SMILES string of the molecule is Nc1ccc(N2CCCC2NC=O)nc1-n1cccc1CO. The minimum atomic E-state index is -0.0859. The predicted molar refractivity (Wildman–Crippen MR) is 83.5 cm³/mol. The van der Waals surface area contributed by atoms with Gasteiger partial charge in [-0.2, -0.15) is 0 Å². The number of carbonyl (C=O) groups excluding carboxylic acids is 1. The van der Waals surface area contributed by atoms with E-state index in [9.17, 15) is 9.90 Å². The van der Waals surface area contributed by atoms with E-state index in [-0.39, 0.29) is 12.8 Å². The Kier molecular flexibility index (Phi) is 3.97. The van der Waals surface area contributed by atoms with Gasteiger partial charge >= 0.3 is 0 Å². The zero-order chi connectivity index (χ0) is 15.5. The number of aliphatic hydroxyl groups is 1. The summed E-state index contributed by atoms with van der Waals surface area (Å²) in [7, 11) is 0. The number of aromatic nitrogens is 2. The minimum Gasteiger partial charge on any atom is -0.396 e. The van der Waals surface area contributed by atoms with Gasteiger partial charge in [-0.05, 0) is 37.1 Å². The fourth-order valence-electron chi connectivity index (χ4n) is 2.85. The second-order valence-electron chi connectivity index (χ2n) is 5.25. The summed E-state index contributed by atoms with van der Waals surface area (Å²) in [5, 5.41) is 12.2. The normalized spacial score (nSPS) is 17.7. The van der Waals surface area contributed by atoms with Crippen LogP contribution in [0.1, 0.15) is 18.5 Å². The predicted octanol–water partition coefficient (Wildman–Crippen LogP) is 0.619. The number of nitrogen functional groups attached to an aromatic ring is 1. The van der Waals surface area contributed by atoms with E-state index in [0.717, 1.165) is 37.3 Å². The Morgan fingerprint density at radius 3 is 3.09 bits per heavy atom. The van der Waals surface area contributed by atoms with Crippen molar-refractivity contribution in [2.75, 3.05) is 17.2 Å². The number of anilines is 2. The number of hydrogen-bond acceptors (Lipinski definition) is 5. The Bertz CT molecular complexity index is 670. The van der Waals surface area contributed by atoms with Crippen LogP contribution in [0, 0.1) is 0 Å². The molecule has 1 aliphatic rings. The van der Waals surface area contributed by atoms with Gasteiger partial charge in [0.25, 0.3) is 0 Å². The second kappa shape index (κ2) is 6.07. The van der Waals surface area contributed by atoms with Crippen molar-refractivity contribution in [2.24, 2.45) is 0 Å². The van der Waals surface area contributed by atoms with E-state index < -0.39 is 0 Å². The number of hydrogen-bond donors (Lipinski definition) is 3. The van der Waals surface area contributed by atoms with Crippen LogP contribution in [0.25, 0.3) is 5.82 Å². The standard InChI is InChI=1S/C15H19N5O2/c16-12-5-6-14(20-8-2-4-13(20)17-10-22)18-15(12)19-7-1-3-11(19)9-21/h1,3,5-7,10,13,21H,2,4,8-9,16H2,(H,17,22). The van der Waals surface area contributed by atoms with Gasteiger partial charge in [0, 0.05) is 18.4 Å². The van der Waals surface area contributed by atoms with Crippen LogP contribution in [0.5, 0.6) is 0 Å². The molecule has 0 radical (unpaired) electrons. The molecular weight excluding hydrogens is 282 g/mol. The summed E-state index contributed by atoms with van der Waals surface area (Å²) in [5.41, 5.74) is 7.30. The Labute approximate surface area is 128 Å². The highest BCUT2D eigenvalue weighted by Crippen LogP contribution is 2.26. The minimum absolute atomic E-state index is 0.0385. The highest BCUT2D eigenvalue weighted by molar-refractivity contribution is 5.60. The summed E-state index contributed by atoms with van der Waals surface area (Å²) in [6.45, 7) is 0.748. The second-order valence-corrected chi connectivity index (χ2v) is 5.25. The lowest BCUT2D eigenvalue weighted by molar-refractivity contribution is -0.110. The zero-order valence-corrected chi connectivity index (χ0v) is 12.1. The van der Waals surface area contributed by atoms with Gasteiger partial charge in [0.2, 0.25) is 6.41 Å². The van der Waals surface area contributed by atoms with Crippen LogP contribution in [0.15, 0.2) is 30.5 Å². The molecule has 2 aromatic heterocycles. The number of aliphatic hydroxyl groups excluding tert-OH is 1. The van der Waals surface area contributed by atoms with Crippen LogP contribution < -0.4 is 16.0 Å². The number of nitrogens with zero attached hydrogens (tertiary/aromatic N) is 3. The van der Waals surface area contributed by atoms with E-state index in [1.807, 2.05) is 24.4 Å². The molecule has 7 nitrogen and oxygen atoms in total. The Morgan fingerprint density at radius 1 is 1.45 bits per heavy atom. The molecule has 3 heterocycles. The molecule has 1 amide bonds. The summed E-state index contributed by atoms with van der Waals surface area (Å²) in [4.78, 5) is 17.4. The summed E-state index contributed by atoms with van der Waals surface area (Å²) >= 11 is 0. The first-order chi connectivity index (χ1) is 10.7. The molecule has 0 aliphatic carbocycles. The third-order valence-electron chi connectivity index (χ3n) is 3.92. The molecule has 7 heteroatoms. The van der Waals surface area contributed by atoms with Gasteiger partial charge in [-0.1, -0.05) is 0 Å². The lowest BCUT2D eigenvalue weighted by atomic mass is 10.3. The molecule has 2 aromatic rings. The van der Waals surface area contributed by atoms with E-state index >= 15 is 0 Å². The van der Waals surface area contributed by atoms with Crippen LogP contribution in [0.4, 0.5) is 11.5 Å². The van der Waals surface area contributed by atoms with Gasteiger partial charge < -0.3 is 25.6 Å². The monoisotopic (exact) mass is 301 g/mol. The summed E-state index contributed by atoms with van der Waals surface area (Å²) in [6, 6.07) is 7.31. The first-order valence-corrected chi connectivity index (χ1v) is 7.25. The van der Waals surface area contributed by atoms with Crippen LogP contribution >= 0.6 is 0 Å². The Hall–Kier alpha value is -2.54. The van der Waals surface area contributed by atoms with E-state index in [1.165, 1.54) is 0 Å². The summed E-state index contributed by atoms with van der Waals surface area (Å²) in [6.07, 6.45) is 4.39. The average Bonchev–Trinajstić information content (AvgIpc) is 3.17. The largest absolute Gasteiger partial charge is 0.396 e. The lowest BCUT2D eigenvalue weighted by Crippen LogP contribution is -2.41. The first-order valence-electron chi connectivity index (χ1n) is 7.25. The number of nitrogens with one attached hydrogen (secondary N) is 1. The van der Waals surface area contributed by atoms with Crippen LogP contribution in [-0.2, 0) is 11.4 Å². The van der Waals surface area contributed by atoms with Crippen molar-refractivity contribution in [3.8, 4) is 5.82 Å². The van der Waals surface area contributed by atoms with E-state index in [1.54, 1.807) is 10.6 Å². The van der Waals surface area contributed by atoms with Crippen molar-refractivity contribution in [1.82, 2.24) is 14.9 Å². The van der Waals surface area contributed by atoms with Crippen molar-refractivity contribution in [3.05, 3.63) is 36.2 Å². The van der Waals surface area contributed by atoms with Crippen molar-refractivity contribution in [3.63, 3.8) is 0 Å². The summed E-state index contributed by atoms with van der Waals surface area (Å²) in [5.74, 6) is 1.35. The molecule has 0 bridgehead atoms. The smallest absolute Gasteiger partial charge is 0.208 e.